The molecule has 9 heteroatoms. The van der Waals surface area contributed by atoms with Gasteiger partial charge >= 0.3 is 0 Å². The number of aryl methyl sites for hydroxylation is 1. The number of hydrogen-bond acceptors (Lipinski definition) is 4. The molecule has 0 saturated carbocycles. The zero-order chi connectivity index (χ0) is 21.3. The number of rotatable bonds is 6. The highest BCUT2D eigenvalue weighted by molar-refractivity contribution is 6.32. The number of methoxy groups -OCH3 is 1. The van der Waals surface area contributed by atoms with Gasteiger partial charge in [-0.05, 0) is 12.0 Å². The molecule has 29 heavy (non-hydrogen) atoms. The molecule has 0 amide bonds. The highest BCUT2D eigenvalue weighted by Gasteiger charge is 2.25. The summed E-state index contributed by atoms with van der Waals surface area (Å²) < 4.78 is 37.3. The Morgan fingerprint density at radius 1 is 1.28 bits per heavy atom. The Morgan fingerprint density at radius 3 is 2.45 bits per heavy atom. The van der Waals surface area contributed by atoms with Crippen LogP contribution in [-0.2, 0) is 13.6 Å². The van der Waals surface area contributed by atoms with Crippen molar-refractivity contribution in [3.05, 3.63) is 51.5 Å². The number of nitrogens with zero attached hydrogens (tertiary/aromatic N) is 4. The smallest absolute Gasteiger partial charge is 0.279 e. The second kappa shape index (κ2) is 8.32. The minimum absolute atomic E-state index is 0.0220. The molecular formula is C20H21ClF2N4O2. The molecule has 3 aromatic rings. The molecule has 2 aromatic heterocycles. The highest BCUT2D eigenvalue weighted by Crippen LogP contribution is 2.34. The summed E-state index contributed by atoms with van der Waals surface area (Å²) in [6.07, 6.45) is 2.43. The van der Waals surface area contributed by atoms with Crippen molar-refractivity contribution in [3.63, 3.8) is 0 Å². The molecule has 0 aliphatic heterocycles. The van der Waals surface area contributed by atoms with Crippen LogP contribution in [0.4, 0.5) is 8.78 Å². The van der Waals surface area contributed by atoms with Crippen LogP contribution >= 0.6 is 11.6 Å². The van der Waals surface area contributed by atoms with Crippen LogP contribution in [0.1, 0.15) is 20.3 Å². The van der Waals surface area contributed by atoms with Gasteiger partial charge in [0.1, 0.15) is 23.1 Å². The highest BCUT2D eigenvalue weighted by atomic mass is 35.5. The Morgan fingerprint density at radius 2 is 1.93 bits per heavy atom. The van der Waals surface area contributed by atoms with E-state index in [0.717, 1.165) is 18.6 Å². The van der Waals surface area contributed by atoms with Crippen LogP contribution in [0.25, 0.3) is 22.6 Å². The zero-order valence-corrected chi connectivity index (χ0v) is 17.3. The number of benzene rings is 1. The average molecular weight is 423 g/mol. The van der Waals surface area contributed by atoms with Crippen molar-refractivity contribution in [2.75, 3.05) is 7.11 Å². The van der Waals surface area contributed by atoms with Crippen molar-refractivity contribution in [1.82, 2.24) is 19.3 Å². The van der Waals surface area contributed by atoms with Gasteiger partial charge in [0.05, 0.1) is 18.4 Å². The van der Waals surface area contributed by atoms with Crippen molar-refractivity contribution in [3.8, 4) is 28.4 Å². The van der Waals surface area contributed by atoms with E-state index in [9.17, 15) is 13.6 Å². The van der Waals surface area contributed by atoms with Crippen molar-refractivity contribution in [2.24, 2.45) is 13.0 Å². The summed E-state index contributed by atoms with van der Waals surface area (Å²) in [4.78, 5) is 17.4. The fraction of sp³-hybridized carbons (Fsp3) is 0.350. The SMILES string of the molecule is CC[C@H](C)Cn1c(-c2c(F)cc(OC)cc2F)c(Cl)nc(-c2ccn(C)n2)c1=O. The quantitative estimate of drug-likeness (QED) is 0.594. The summed E-state index contributed by atoms with van der Waals surface area (Å²) in [5.74, 6) is -1.71. The second-order valence-corrected chi connectivity index (χ2v) is 7.23. The normalized spacial score (nSPS) is 12.2. The summed E-state index contributed by atoms with van der Waals surface area (Å²) in [6.45, 7) is 4.12. The third kappa shape index (κ3) is 4.03. The molecule has 0 unspecified atom stereocenters. The van der Waals surface area contributed by atoms with E-state index in [1.54, 1.807) is 19.3 Å². The van der Waals surface area contributed by atoms with Gasteiger partial charge in [0.15, 0.2) is 10.8 Å². The maximum absolute atomic E-state index is 14.8. The lowest BCUT2D eigenvalue weighted by molar-refractivity contribution is 0.407. The fourth-order valence-corrected chi connectivity index (χ4v) is 3.28. The van der Waals surface area contributed by atoms with E-state index in [4.69, 9.17) is 16.3 Å². The van der Waals surface area contributed by atoms with Gasteiger partial charge in [-0.15, -0.1) is 0 Å². The van der Waals surface area contributed by atoms with Gasteiger partial charge < -0.3 is 9.30 Å². The molecule has 0 N–H and O–H groups in total. The van der Waals surface area contributed by atoms with E-state index in [1.807, 2.05) is 13.8 Å². The first-order valence-electron chi connectivity index (χ1n) is 9.10. The molecule has 1 atom stereocenters. The van der Waals surface area contributed by atoms with Crippen LogP contribution in [0.5, 0.6) is 5.75 Å². The Bertz CT molecular complexity index is 1090. The van der Waals surface area contributed by atoms with E-state index < -0.39 is 22.8 Å². The van der Waals surface area contributed by atoms with E-state index in [1.165, 1.54) is 16.4 Å². The summed E-state index contributed by atoms with van der Waals surface area (Å²) in [7, 11) is 3.02. The third-order valence-corrected chi connectivity index (χ3v) is 5.02. The Hall–Kier alpha value is -2.74. The lowest BCUT2D eigenvalue weighted by Gasteiger charge is -2.19. The summed E-state index contributed by atoms with van der Waals surface area (Å²) >= 11 is 6.37. The predicted octanol–water partition coefficient (Wildman–Crippen LogP) is 4.30. The number of ether oxygens (including phenoxy) is 1. The Balaban J connectivity index is 2.33. The molecule has 1 aromatic carbocycles. The molecule has 0 bridgehead atoms. The van der Waals surface area contributed by atoms with Gasteiger partial charge in [-0.25, -0.2) is 13.8 Å². The minimum Gasteiger partial charge on any atom is -0.497 e. The van der Waals surface area contributed by atoms with Crippen LogP contribution in [0.2, 0.25) is 5.15 Å². The first-order valence-corrected chi connectivity index (χ1v) is 9.48. The topological polar surface area (TPSA) is 61.9 Å². The average Bonchev–Trinajstić information content (AvgIpc) is 3.11. The monoisotopic (exact) mass is 422 g/mol. The molecule has 0 radical (unpaired) electrons. The molecular weight excluding hydrogens is 402 g/mol. The van der Waals surface area contributed by atoms with E-state index >= 15 is 0 Å². The molecule has 0 fully saturated rings. The van der Waals surface area contributed by atoms with Crippen LogP contribution in [0.3, 0.4) is 0 Å². The summed E-state index contributed by atoms with van der Waals surface area (Å²) in [5.41, 5.74) is -0.680. The van der Waals surface area contributed by atoms with Gasteiger partial charge in [-0.2, -0.15) is 5.10 Å². The Labute approximate surface area is 171 Å². The second-order valence-electron chi connectivity index (χ2n) is 6.87. The molecule has 0 aliphatic rings. The first kappa shape index (κ1) is 21.0. The number of halogens is 3. The van der Waals surface area contributed by atoms with Crippen molar-refractivity contribution >= 4 is 11.6 Å². The lowest BCUT2D eigenvalue weighted by Crippen LogP contribution is -2.28. The molecule has 154 valence electrons. The maximum atomic E-state index is 14.8. The van der Waals surface area contributed by atoms with E-state index in [2.05, 4.69) is 10.1 Å². The molecule has 3 rings (SSSR count). The van der Waals surface area contributed by atoms with Gasteiger partial charge in [0, 0.05) is 31.9 Å². The van der Waals surface area contributed by atoms with Crippen LogP contribution in [0, 0.1) is 17.6 Å². The van der Waals surface area contributed by atoms with Gasteiger partial charge in [0.25, 0.3) is 5.56 Å². The van der Waals surface area contributed by atoms with Crippen molar-refractivity contribution < 1.29 is 13.5 Å². The standard InChI is InChI=1S/C20H21ClF2N4O2/c1-5-11(2)10-27-18(16-13(22)8-12(29-4)9-14(16)23)19(21)24-17(20(27)28)15-6-7-26(3)25-15/h6-9,11H,5,10H2,1-4H3/t11-/m0/s1. The summed E-state index contributed by atoms with van der Waals surface area (Å²) in [6, 6.07) is 3.71. The molecule has 0 spiro atoms. The number of aromatic nitrogens is 4. The van der Waals surface area contributed by atoms with Crippen LogP contribution < -0.4 is 10.3 Å². The predicted molar refractivity (Wildman–Crippen MR) is 107 cm³/mol. The van der Waals surface area contributed by atoms with Crippen LogP contribution in [0.15, 0.2) is 29.2 Å². The Kier molecular flexibility index (Phi) is 6.02. The van der Waals surface area contributed by atoms with Gasteiger partial charge in [-0.3, -0.25) is 9.48 Å². The lowest BCUT2D eigenvalue weighted by atomic mass is 10.1. The van der Waals surface area contributed by atoms with Gasteiger partial charge in [-0.1, -0.05) is 31.9 Å². The zero-order valence-electron chi connectivity index (χ0n) is 16.5. The van der Waals surface area contributed by atoms with E-state index in [0.29, 0.717) is 5.69 Å². The largest absolute Gasteiger partial charge is 0.497 e. The molecule has 2 heterocycles. The van der Waals surface area contributed by atoms with E-state index in [-0.39, 0.29) is 34.8 Å². The van der Waals surface area contributed by atoms with Crippen molar-refractivity contribution in [1.29, 1.82) is 0 Å². The molecule has 6 nitrogen and oxygen atoms in total. The molecule has 0 saturated heterocycles. The molecule has 0 aliphatic carbocycles. The number of hydrogen-bond donors (Lipinski definition) is 0. The fourth-order valence-electron chi connectivity index (χ4n) is 2.99. The van der Waals surface area contributed by atoms with Crippen LogP contribution in [-0.4, -0.2) is 26.4 Å². The minimum atomic E-state index is -0.895. The maximum Gasteiger partial charge on any atom is 0.279 e. The first-order chi connectivity index (χ1) is 13.8. The van der Waals surface area contributed by atoms with Crippen molar-refractivity contribution in [2.45, 2.75) is 26.8 Å². The van der Waals surface area contributed by atoms with Gasteiger partial charge in [0.2, 0.25) is 0 Å². The summed E-state index contributed by atoms with van der Waals surface area (Å²) in [5, 5.41) is 4.02. The third-order valence-electron chi connectivity index (χ3n) is 4.76.